The molecule has 1 aromatic heterocycles. The minimum Gasteiger partial charge on any atom is -0.497 e. The number of nitrogens with one attached hydrogen (secondary N) is 1. The van der Waals surface area contributed by atoms with E-state index in [-0.39, 0.29) is 0 Å². The number of hydrogen-bond acceptors (Lipinski definition) is 3. The Bertz CT molecular complexity index is 600. The smallest absolute Gasteiger partial charge is 0.119 e. The fourth-order valence-corrected chi connectivity index (χ4v) is 3.07. The minimum absolute atomic E-state index is 0.568. The third-order valence-corrected chi connectivity index (χ3v) is 4.29. The lowest BCUT2D eigenvalue weighted by molar-refractivity contribution is 0.393. The Morgan fingerprint density at radius 3 is 3.05 bits per heavy atom. The second kappa shape index (κ2) is 6.31. The lowest BCUT2D eigenvalue weighted by Gasteiger charge is -2.24. The highest BCUT2D eigenvalue weighted by Crippen LogP contribution is 2.28. The normalized spacial score (nSPS) is 18.7. The van der Waals surface area contributed by atoms with Crippen molar-refractivity contribution in [2.45, 2.75) is 31.7 Å². The highest BCUT2D eigenvalue weighted by molar-refractivity contribution is 5.67. The van der Waals surface area contributed by atoms with Gasteiger partial charge in [-0.3, -0.25) is 4.68 Å². The molecule has 3 rings (SSSR count). The van der Waals surface area contributed by atoms with Crippen molar-refractivity contribution in [3.05, 3.63) is 36.2 Å². The first-order valence-corrected chi connectivity index (χ1v) is 7.66. The summed E-state index contributed by atoms with van der Waals surface area (Å²) in [6.45, 7) is 1.14. The third-order valence-electron chi connectivity index (χ3n) is 4.29. The third kappa shape index (κ3) is 3.10. The highest BCUT2D eigenvalue weighted by atomic mass is 16.5. The topological polar surface area (TPSA) is 39.1 Å². The van der Waals surface area contributed by atoms with Gasteiger partial charge in [-0.05, 0) is 37.1 Å². The number of ether oxygens (including phenoxy) is 1. The lowest BCUT2D eigenvalue weighted by Crippen LogP contribution is -2.36. The maximum Gasteiger partial charge on any atom is 0.119 e. The number of aromatic nitrogens is 2. The van der Waals surface area contributed by atoms with Gasteiger partial charge in [0.15, 0.2) is 0 Å². The summed E-state index contributed by atoms with van der Waals surface area (Å²) in [5, 5.41) is 8.08. The van der Waals surface area contributed by atoms with E-state index in [2.05, 4.69) is 22.5 Å². The Morgan fingerprint density at radius 2 is 2.29 bits per heavy atom. The fraction of sp³-hybridized carbons (Fsp3) is 0.471. The largest absolute Gasteiger partial charge is 0.497 e. The van der Waals surface area contributed by atoms with Crippen LogP contribution in [0.1, 0.15) is 25.0 Å². The minimum atomic E-state index is 0.568. The van der Waals surface area contributed by atoms with Crippen molar-refractivity contribution in [2.75, 3.05) is 13.7 Å². The second-order valence-electron chi connectivity index (χ2n) is 5.71. The molecule has 0 amide bonds. The van der Waals surface area contributed by atoms with Gasteiger partial charge in [-0.15, -0.1) is 0 Å². The Kier molecular flexibility index (Phi) is 4.25. The maximum absolute atomic E-state index is 5.33. The van der Waals surface area contributed by atoms with Gasteiger partial charge in [0, 0.05) is 30.8 Å². The molecule has 0 bridgehead atoms. The monoisotopic (exact) mass is 285 g/mol. The number of rotatable bonds is 4. The molecule has 4 heteroatoms. The van der Waals surface area contributed by atoms with E-state index in [0.717, 1.165) is 18.7 Å². The molecule has 2 aromatic rings. The molecule has 1 atom stereocenters. The SMILES string of the molecule is COc1cccc(-c2cnn(C)c2CC2CCCCN2)c1. The fourth-order valence-electron chi connectivity index (χ4n) is 3.07. The molecule has 2 heterocycles. The zero-order chi connectivity index (χ0) is 14.7. The van der Waals surface area contributed by atoms with Crippen molar-refractivity contribution in [1.82, 2.24) is 15.1 Å². The first-order valence-electron chi connectivity index (χ1n) is 7.66. The van der Waals surface area contributed by atoms with Crippen LogP contribution in [0.2, 0.25) is 0 Å². The van der Waals surface area contributed by atoms with Crippen LogP contribution in [0.15, 0.2) is 30.5 Å². The lowest BCUT2D eigenvalue weighted by atomic mass is 9.97. The first kappa shape index (κ1) is 14.1. The maximum atomic E-state index is 5.33. The van der Waals surface area contributed by atoms with Crippen molar-refractivity contribution in [2.24, 2.45) is 7.05 Å². The van der Waals surface area contributed by atoms with Crippen molar-refractivity contribution in [3.63, 3.8) is 0 Å². The van der Waals surface area contributed by atoms with Crippen LogP contribution in [-0.2, 0) is 13.5 Å². The van der Waals surface area contributed by atoms with Crippen LogP contribution in [0.4, 0.5) is 0 Å². The van der Waals surface area contributed by atoms with E-state index in [1.165, 1.54) is 36.1 Å². The standard InChI is InChI=1S/C17H23N3O/c1-20-17(11-14-7-3-4-9-18-14)16(12-19-20)13-6-5-8-15(10-13)21-2/h5-6,8,10,12,14,18H,3-4,7,9,11H2,1-2H3. The van der Waals surface area contributed by atoms with Crippen LogP contribution in [-0.4, -0.2) is 29.5 Å². The molecule has 1 unspecified atom stereocenters. The highest BCUT2D eigenvalue weighted by Gasteiger charge is 2.18. The second-order valence-corrected chi connectivity index (χ2v) is 5.71. The Balaban J connectivity index is 1.88. The number of piperidine rings is 1. The zero-order valence-corrected chi connectivity index (χ0v) is 12.8. The molecule has 0 aliphatic carbocycles. The zero-order valence-electron chi connectivity index (χ0n) is 12.8. The van der Waals surface area contributed by atoms with Crippen LogP contribution in [0.3, 0.4) is 0 Å². The van der Waals surface area contributed by atoms with E-state index in [4.69, 9.17) is 4.74 Å². The summed E-state index contributed by atoms with van der Waals surface area (Å²) in [4.78, 5) is 0. The van der Waals surface area contributed by atoms with Crippen LogP contribution >= 0.6 is 0 Å². The van der Waals surface area contributed by atoms with Gasteiger partial charge in [0.05, 0.1) is 13.3 Å². The molecule has 1 N–H and O–H groups in total. The van der Waals surface area contributed by atoms with E-state index in [0.29, 0.717) is 6.04 Å². The molecular weight excluding hydrogens is 262 g/mol. The quantitative estimate of drug-likeness (QED) is 0.939. The van der Waals surface area contributed by atoms with Gasteiger partial charge in [0.1, 0.15) is 5.75 Å². The van der Waals surface area contributed by atoms with E-state index in [1.54, 1.807) is 7.11 Å². The number of nitrogens with zero attached hydrogens (tertiary/aromatic N) is 2. The number of benzene rings is 1. The van der Waals surface area contributed by atoms with Crippen molar-refractivity contribution in [1.29, 1.82) is 0 Å². The molecule has 1 fully saturated rings. The summed E-state index contributed by atoms with van der Waals surface area (Å²) in [5.41, 5.74) is 3.68. The van der Waals surface area contributed by atoms with Gasteiger partial charge in [-0.25, -0.2) is 0 Å². The molecule has 4 nitrogen and oxygen atoms in total. The van der Waals surface area contributed by atoms with E-state index >= 15 is 0 Å². The molecule has 0 spiro atoms. The molecule has 0 radical (unpaired) electrons. The molecule has 1 saturated heterocycles. The van der Waals surface area contributed by atoms with Gasteiger partial charge < -0.3 is 10.1 Å². The summed E-state index contributed by atoms with van der Waals surface area (Å²) in [7, 11) is 3.73. The Labute approximate surface area is 126 Å². The van der Waals surface area contributed by atoms with Gasteiger partial charge in [0.2, 0.25) is 0 Å². The average Bonchev–Trinajstić information content (AvgIpc) is 2.89. The predicted molar refractivity (Wildman–Crippen MR) is 84.5 cm³/mol. The molecule has 1 aliphatic rings. The summed E-state index contributed by atoms with van der Waals surface area (Å²) in [6, 6.07) is 8.77. The molecule has 0 saturated carbocycles. The molecular formula is C17H23N3O. The number of hydrogen-bond donors (Lipinski definition) is 1. The Morgan fingerprint density at radius 1 is 1.38 bits per heavy atom. The summed E-state index contributed by atoms with van der Waals surface area (Å²) < 4.78 is 7.34. The van der Waals surface area contributed by atoms with Gasteiger partial charge in [0.25, 0.3) is 0 Å². The van der Waals surface area contributed by atoms with Crippen molar-refractivity contribution in [3.8, 4) is 16.9 Å². The van der Waals surface area contributed by atoms with Crippen LogP contribution < -0.4 is 10.1 Å². The number of aryl methyl sites for hydroxylation is 1. The van der Waals surface area contributed by atoms with E-state index < -0.39 is 0 Å². The first-order chi connectivity index (χ1) is 10.3. The number of methoxy groups -OCH3 is 1. The van der Waals surface area contributed by atoms with E-state index in [9.17, 15) is 0 Å². The summed E-state index contributed by atoms with van der Waals surface area (Å²) >= 11 is 0. The average molecular weight is 285 g/mol. The molecule has 1 aliphatic heterocycles. The Hall–Kier alpha value is -1.81. The summed E-state index contributed by atoms with van der Waals surface area (Å²) in [5.74, 6) is 0.887. The molecule has 21 heavy (non-hydrogen) atoms. The van der Waals surface area contributed by atoms with Gasteiger partial charge in [-0.2, -0.15) is 5.10 Å². The molecule has 112 valence electrons. The molecule has 1 aromatic carbocycles. The van der Waals surface area contributed by atoms with Crippen molar-refractivity contribution >= 4 is 0 Å². The summed E-state index contributed by atoms with van der Waals surface area (Å²) in [6.07, 6.45) is 6.87. The van der Waals surface area contributed by atoms with Crippen molar-refractivity contribution < 1.29 is 4.74 Å². The van der Waals surface area contributed by atoms with Gasteiger partial charge in [-0.1, -0.05) is 18.6 Å². The van der Waals surface area contributed by atoms with Crippen LogP contribution in [0.5, 0.6) is 5.75 Å². The predicted octanol–water partition coefficient (Wildman–Crippen LogP) is 2.78. The van der Waals surface area contributed by atoms with E-state index in [1.807, 2.05) is 30.1 Å². The van der Waals surface area contributed by atoms with Crippen LogP contribution in [0.25, 0.3) is 11.1 Å². The van der Waals surface area contributed by atoms with Gasteiger partial charge >= 0.3 is 0 Å². The van der Waals surface area contributed by atoms with Crippen LogP contribution in [0, 0.1) is 0 Å².